The van der Waals surface area contributed by atoms with Gasteiger partial charge >= 0.3 is 0 Å². The molecule has 1 saturated heterocycles. The van der Waals surface area contributed by atoms with Gasteiger partial charge in [0.25, 0.3) is 0 Å². The van der Waals surface area contributed by atoms with Crippen LogP contribution in [0.4, 0.5) is 0 Å². The molecule has 88 valence electrons. The lowest BCUT2D eigenvalue weighted by atomic mass is 10.2. The van der Waals surface area contributed by atoms with Crippen LogP contribution in [0.15, 0.2) is 0 Å². The molecule has 1 fully saturated rings. The van der Waals surface area contributed by atoms with Crippen LogP contribution in [0, 0.1) is 0 Å². The van der Waals surface area contributed by atoms with E-state index in [0.717, 1.165) is 32.5 Å². The highest BCUT2D eigenvalue weighted by molar-refractivity contribution is 5.50. The van der Waals surface area contributed by atoms with Crippen LogP contribution in [0.25, 0.3) is 0 Å². The summed E-state index contributed by atoms with van der Waals surface area (Å²) in [5, 5.41) is 0. The predicted octanol–water partition coefficient (Wildman–Crippen LogP) is 0.228. The summed E-state index contributed by atoms with van der Waals surface area (Å²) in [7, 11) is 2.12. The van der Waals surface area contributed by atoms with Gasteiger partial charge in [-0.05, 0) is 20.0 Å². The first-order valence-electron chi connectivity index (χ1n) is 5.72. The lowest BCUT2D eigenvalue weighted by molar-refractivity contribution is -0.112. The van der Waals surface area contributed by atoms with Gasteiger partial charge in [0, 0.05) is 25.7 Å². The summed E-state index contributed by atoms with van der Waals surface area (Å²) in [6.45, 7) is 7.55. The van der Waals surface area contributed by atoms with Crippen LogP contribution in [0.3, 0.4) is 0 Å². The number of likely N-dealkylation sites (N-methyl/N-ethyl adjacent to an activating group) is 1. The molecule has 0 N–H and O–H groups in total. The SMILES string of the molecule is CCCN1CCN(C)C(COCC=O)C1. The Hall–Kier alpha value is -0.450. The van der Waals surface area contributed by atoms with Crippen LogP contribution in [-0.2, 0) is 9.53 Å². The second kappa shape index (κ2) is 6.93. The average molecular weight is 214 g/mol. The Kier molecular flexibility index (Phi) is 5.83. The molecule has 0 amide bonds. The van der Waals surface area contributed by atoms with Gasteiger partial charge in [-0.3, -0.25) is 4.90 Å². The number of aldehydes is 1. The molecular weight excluding hydrogens is 192 g/mol. The molecule has 4 nitrogen and oxygen atoms in total. The zero-order valence-electron chi connectivity index (χ0n) is 9.82. The van der Waals surface area contributed by atoms with Gasteiger partial charge in [-0.15, -0.1) is 0 Å². The fraction of sp³-hybridized carbons (Fsp3) is 0.909. The number of nitrogens with zero attached hydrogens (tertiary/aromatic N) is 2. The van der Waals surface area contributed by atoms with Crippen molar-refractivity contribution in [2.75, 3.05) is 46.4 Å². The molecule has 1 aliphatic rings. The van der Waals surface area contributed by atoms with Crippen molar-refractivity contribution in [2.45, 2.75) is 19.4 Å². The summed E-state index contributed by atoms with van der Waals surface area (Å²) < 4.78 is 5.28. The predicted molar refractivity (Wildman–Crippen MR) is 60.0 cm³/mol. The summed E-state index contributed by atoms with van der Waals surface area (Å²) >= 11 is 0. The quantitative estimate of drug-likeness (QED) is 0.468. The first kappa shape index (κ1) is 12.6. The molecule has 1 heterocycles. The number of rotatable bonds is 6. The minimum Gasteiger partial charge on any atom is -0.372 e. The van der Waals surface area contributed by atoms with Crippen LogP contribution >= 0.6 is 0 Å². The highest BCUT2D eigenvalue weighted by Gasteiger charge is 2.23. The van der Waals surface area contributed by atoms with E-state index in [2.05, 4.69) is 23.8 Å². The lowest BCUT2D eigenvalue weighted by Gasteiger charge is -2.39. The van der Waals surface area contributed by atoms with Crippen molar-refractivity contribution in [3.8, 4) is 0 Å². The molecule has 0 bridgehead atoms. The number of hydrogen-bond donors (Lipinski definition) is 0. The van der Waals surface area contributed by atoms with E-state index in [-0.39, 0.29) is 6.61 Å². The number of ether oxygens (including phenoxy) is 1. The van der Waals surface area contributed by atoms with Crippen molar-refractivity contribution >= 4 is 6.29 Å². The number of hydrogen-bond acceptors (Lipinski definition) is 4. The zero-order valence-corrected chi connectivity index (χ0v) is 9.82. The van der Waals surface area contributed by atoms with Crippen molar-refractivity contribution in [3.63, 3.8) is 0 Å². The van der Waals surface area contributed by atoms with E-state index in [9.17, 15) is 4.79 Å². The molecule has 15 heavy (non-hydrogen) atoms. The Morgan fingerprint density at radius 1 is 1.47 bits per heavy atom. The fourth-order valence-electron chi connectivity index (χ4n) is 1.96. The molecule has 0 aromatic carbocycles. The molecule has 1 rings (SSSR count). The Balaban J connectivity index is 2.29. The third-order valence-electron chi connectivity index (χ3n) is 2.90. The van der Waals surface area contributed by atoms with Gasteiger partial charge in [-0.2, -0.15) is 0 Å². The minimum absolute atomic E-state index is 0.220. The van der Waals surface area contributed by atoms with Gasteiger partial charge in [-0.1, -0.05) is 6.92 Å². The van der Waals surface area contributed by atoms with Gasteiger partial charge in [0.2, 0.25) is 0 Å². The second-order valence-corrected chi connectivity index (χ2v) is 4.14. The first-order valence-corrected chi connectivity index (χ1v) is 5.72. The molecule has 1 aliphatic heterocycles. The van der Waals surface area contributed by atoms with E-state index < -0.39 is 0 Å². The number of piperazine rings is 1. The molecule has 1 unspecified atom stereocenters. The van der Waals surface area contributed by atoms with Crippen LogP contribution < -0.4 is 0 Å². The standard InChI is InChI=1S/C11H22N2O2/c1-3-4-13-6-5-12(2)11(9-13)10-15-8-7-14/h7,11H,3-6,8-10H2,1-2H3. The smallest absolute Gasteiger partial charge is 0.145 e. The van der Waals surface area contributed by atoms with Gasteiger partial charge in [0.05, 0.1) is 6.61 Å². The van der Waals surface area contributed by atoms with E-state index in [1.165, 1.54) is 6.42 Å². The largest absolute Gasteiger partial charge is 0.372 e. The highest BCUT2D eigenvalue weighted by Crippen LogP contribution is 2.08. The van der Waals surface area contributed by atoms with Crippen molar-refractivity contribution in [1.82, 2.24) is 9.80 Å². The fourth-order valence-corrected chi connectivity index (χ4v) is 1.96. The van der Waals surface area contributed by atoms with Gasteiger partial charge in [0.15, 0.2) is 0 Å². The summed E-state index contributed by atoms with van der Waals surface area (Å²) in [6.07, 6.45) is 2.01. The summed E-state index contributed by atoms with van der Waals surface area (Å²) in [6, 6.07) is 0.435. The van der Waals surface area contributed by atoms with Crippen molar-refractivity contribution in [3.05, 3.63) is 0 Å². The lowest BCUT2D eigenvalue weighted by Crippen LogP contribution is -2.53. The summed E-state index contributed by atoms with van der Waals surface area (Å²) in [5.41, 5.74) is 0. The molecule has 0 spiro atoms. The summed E-state index contributed by atoms with van der Waals surface area (Å²) in [5.74, 6) is 0. The van der Waals surface area contributed by atoms with Gasteiger partial charge < -0.3 is 14.4 Å². The van der Waals surface area contributed by atoms with E-state index >= 15 is 0 Å². The first-order chi connectivity index (χ1) is 7.27. The van der Waals surface area contributed by atoms with Crippen LogP contribution in [-0.4, -0.2) is 68.6 Å². The molecule has 0 aliphatic carbocycles. The number of carbonyl (C=O) groups excluding carboxylic acids is 1. The summed E-state index contributed by atoms with van der Waals surface area (Å²) in [4.78, 5) is 14.9. The van der Waals surface area contributed by atoms with Crippen molar-refractivity contribution in [2.24, 2.45) is 0 Å². The average Bonchev–Trinajstić information content (AvgIpc) is 2.23. The van der Waals surface area contributed by atoms with Gasteiger partial charge in [0.1, 0.15) is 12.9 Å². The normalized spacial score (nSPS) is 24.3. The molecule has 0 saturated carbocycles. The Bertz CT molecular complexity index is 187. The highest BCUT2D eigenvalue weighted by atomic mass is 16.5. The third kappa shape index (κ3) is 4.28. The monoisotopic (exact) mass is 214 g/mol. The maximum atomic E-state index is 10.1. The van der Waals surface area contributed by atoms with Gasteiger partial charge in [-0.25, -0.2) is 0 Å². The van der Waals surface area contributed by atoms with E-state index in [0.29, 0.717) is 12.6 Å². The van der Waals surface area contributed by atoms with Crippen LogP contribution in [0.5, 0.6) is 0 Å². The Labute approximate surface area is 92.2 Å². The van der Waals surface area contributed by atoms with Crippen LogP contribution in [0.2, 0.25) is 0 Å². The molecular formula is C11H22N2O2. The molecule has 0 aromatic heterocycles. The molecule has 0 aromatic rings. The topological polar surface area (TPSA) is 32.8 Å². The minimum atomic E-state index is 0.220. The maximum Gasteiger partial charge on any atom is 0.145 e. The maximum absolute atomic E-state index is 10.1. The molecule has 0 radical (unpaired) electrons. The van der Waals surface area contributed by atoms with Crippen LogP contribution in [0.1, 0.15) is 13.3 Å². The third-order valence-corrected chi connectivity index (χ3v) is 2.90. The Morgan fingerprint density at radius 3 is 2.93 bits per heavy atom. The Morgan fingerprint density at radius 2 is 2.27 bits per heavy atom. The number of carbonyl (C=O) groups is 1. The van der Waals surface area contributed by atoms with Crippen molar-refractivity contribution < 1.29 is 9.53 Å². The second-order valence-electron chi connectivity index (χ2n) is 4.14. The van der Waals surface area contributed by atoms with Crippen molar-refractivity contribution in [1.29, 1.82) is 0 Å². The molecule has 4 heteroatoms. The van der Waals surface area contributed by atoms with E-state index in [1.807, 2.05) is 0 Å². The molecule has 1 atom stereocenters. The zero-order chi connectivity index (χ0) is 11.1. The van der Waals surface area contributed by atoms with E-state index in [1.54, 1.807) is 0 Å². The van der Waals surface area contributed by atoms with E-state index in [4.69, 9.17) is 4.74 Å².